The Balaban J connectivity index is 4.69. The lowest BCUT2D eigenvalue weighted by Crippen LogP contribution is -2.38. The number of carbonyl (C=O) groups excluding carboxylic acids is 1. The van der Waals surface area contributed by atoms with Crippen LogP contribution in [0.4, 0.5) is 4.79 Å². The smallest absolute Gasteiger partial charge is 0.431 e. The summed E-state index contributed by atoms with van der Waals surface area (Å²) in [6.07, 6.45) is 1.89. The quantitative estimate of drug-likeness (QED) is 0.556. The van der Waals surface area contributed by atoms with Gasteiger partial charge in [0.05, 0.1) is 0 Å². The second-order valence-corrected chi connectivity index (χ2v) is 8.70. The Labute approximate surface area is 131 Å². The number of hydrogen-bond donors (Lipinski definition) is 0. The van der Waals surface area contributed by atoms with Crippen LogP contribution in [0.1, 0.15) is 81.6 Å². The molecule has 0 aliphatic carbocycles. The van der Waals surface area contributed by atoms with Crippen molar-refractivity contribution in [2.24, 2.45) is 17.3 Å². The van der Waals surface area contributed by atoms with E-state index in [0.717, 1.165) is 19.3 Å². The van der Waals surface area contributed by atoms with Crippen LogP contribution in [0.15, 0.2) is 0 Å². The first-order valence-electron chi connectivity index (χ1n) is 8.22. The van der Waals surface area contributed by atoms with Crippen molar-refractivity contribution in [3.8, 4) is 0 Å². The van der Waals surface area contributed by atoms with Crippen molar-refractivity contribution >= 4 is 6.16 Å². The summed E-state index contributed by atoms with van der Waals surface area (Å²) in [7, 11) is 0. The predicted octanol–water partition coefficient (Wildman–Crippen LogP) is 5.82. The third-order valence-corrected chi connectivity index (χ3v) is 3.17. The van der Waals surface area contributed by atoms with E-state index in [0.29, 0.717) is 11.8 Å². The molecule has 0 aromatic heterocycles. The van der Waals surface area contributed by atoms with Gasteiger partial charge in [0.15, 0.2) is 0 Å². The highest BCUT2D eigenvalue weighted by molar-refractivity contribution is 5.60. The van der Waals surface area contributed by atoms with E-state index in [-0.39, 0.29) is 11.5 Å². The largest absolute Gasteiger partial charge is 0.509 e. The zero-order valence-corrected chi connectivity index (χ0v) is 15.6. The van der Waals surface area contributed by atoms with Crippen LogP contribution >= 0.6 is 0 Å². The van der Waals surface area contributed by atoms with Crippen LogP contribution in [0.2, 0.25) is 0 Å². The van der Waals surface area contributed by atoms with Crippen LogP contribution in [0.25, 0.3) is 0 Å². The molecular weight excluding hydrogens is 264 g/mol. The summed E-state index contributed by atoms with van der Waals surface area (Å²) < 4.78 is 11.1. The second-order valence-electron chi connectivity index (χ2n) is 8.70. The summed E-state index contributed by atoms with van der Waals surface area (Å²) in [4.78, 5) is 12.1. The summed E-state index contributed by atoms with van der Waals surface area (Å²) >= 11 is 0. The normalized spacial score (nSPS) is 16.7. The van der Waals surface area contributed by atoms with E-state index in [1.807, 2.05) is 13.8 Å². The van der Waals surface area contributed by atoms with Gasteiger partial charge >= 0.3 is 6.16 Å². The highest BCUT2D eigenvalue weighted by Gasteiger charge is 2.35. The van der Waals surface area contributed by atoms with Crippen LogP contribution in [0.3, 0.4) is 0 Å². The van der Waals surface area contributed by atoms with Gasteiger partial charge in [-0.3, -0.25) is 0 Å². The van der Waals surface area contributed by atoms with E-state index in [4.69, 9.17) is 9.47 Å². The summed E-state index contributed by atoms with van der Waals surface area (Å²) in [5.41, 5.74) is -0.367. The monoisotopic (exact) mass is 300 g/mol. The molecule has 0 aliphatic heterocycles. The minimum Gasteiger partial charge on any atom is -0.431 e. The summed E-state index contributed by atoms with van der Waals surface area (Å²) in [6.45, 7) is 19.0. The average Bonchev–Trinajstić information content (AvgIpc) is 2.07. The number of ether oxygens (including phenoxy) is 2. The number of rotatable bonds is 7. The summed E-state index contributed by atoms with van der Waals surface area (Å²) in [5, 5.41) is 0. The van der Waals surface area contributed by atoms with Gasteiger partial charge in [-0.05, 0) is 50.4 Å². The van der Waals surface area contributed by atoms with Crippen molar-refractivity contribution in [3.63, 3.8) is 0 Å². The van der Waals surface area contributed by atoms with Crippen LogP contribution in [0.5, 0.6) is 0 Å². The molecule has 0 aromatic carbocycles. The maximum absolute atomic E-state index is 12.1. The zero-order chi connectivity index (χ0) is 16.8. The fraction of sp³-hybridized carbons (Fsp3) is 0.944. The Hall–Kier alpha value is -0.730. The van der Waals surface area contributed by atoms with Crippen LogP contribution < -0.4 is 0 Å². The molecule has 3 nitrogen and oxygen atoms in total. The molecule has 0 aromatic rings. The van der Waals surface area contributed by atoms with E-state index in [1.165, 1.54) is 0 Å². The predicted molar refractivity (Wildman–Crippen MR) is 88.4 cm³/mol. The molecule has 0 bridgehead atoms. The van der Waals surface area contributed by atoms with E-state index >= 15 is 0 Å². The first-order chi connectivity index (χ1) is 9.33. The molecule has 0 aliphatic rings. The fourth-order valence-electron chi connectivity index (χ4n) is 3.24. The fourth-order valence-corrected chi connectivity index (χ4v) is 3.24. The molecule has 0 fully saturated rings. The lowest BCUT2D eigenvalue weighted by Gasteiger charge is -2.36. The van der Waals surface area contributed by atoms with Crippen LogP contribution in [0, 0.1) is 17.3 Å². The number of carbonyl (C=O) groups is 1. The van der Waals surface area contributed by atoms with Gasteiger partial charge in [-0.1, -0.05) is 48.5 Å². The van der Waals surface area contributed by atoms with Gasteiger partial charge in [-0.15, -0.1) is 0 Å². The molecule has 0 amide bonds. The van der Waals surface area contributed by atoms with Crippen molar-refractivity contribution in [1.82, 2.24) is 0 Å². The van der Waals surface area contributed by atoms with Crippen molar-refractivity contribution in [3.05, 3.63) is 0 Å². The van der Waals surface area contributed by atoms with Crippen LogP contribution in [-0.4, -0.2) is 17.9 Å². The Morgan fingerprint density at radius 2 is 1.48 bits per heavy atom. The van der Waals surface area contributed by atoms with Gasteiger partial charge in [0.1, 0.15) is 11.7 Å². The Bertz CT molecular complexity index is 315. The highest BCUT2D eigenvalue weighted by Crippen LogP contribution is 2.34. The van der Waals surface area contributed by atoms with E-state index < -0.39 is 11.8 Å². The summed E-state index contributed by atoms with van der Waals surface area (Å²) in [6, 6.07) is 0. The molecule has 2 atom stereocenters. The van der Waals surface area contributed by atoms with Crippen molar-refractivity contribution < 1.29 is 14.3 Å². The van der Waals surface area contributed by atoms with Gasteiger partial charge in [-0.2, -0.15) is 0 Å². The molecule has 126 valence electrons. The lowest BCUT2D eigenvalue weighted by molar-refractivity contribution is -0.0661. The minimum absolute atomic E-state index is 0.101. The molecule has 0 spiro atoms. The molecule has 0 saturated heterocycles. The zero-order valence-electron chi connectivity index (χ0n) is 15.6. The van der Waals surface area contributed by atoms with E-state index in [9.17, 15) is 4.79 Å². The van der Waals surface area contributed by atoms with Gasteiger partial charge in [0.25, 0.3) is 0 Å². The first-order valence-corrected chi connectivity index (χ1v) is 8.22. The van der Waals surface area contributed by atoms with Gasteiger partial charge in [-0.25, -0.2) is 4.79 Å². The molecule has 0 heterocycles. The SMILES string of the molecule is CC(C)CC(C)OC(=O)OC(C)(CC(C)C)CC(C)(C)C. The minimum atomic E-state index is -0.532. The molecule has 0 N–H and O–H groups in total. The third-order valence-electron chi connectivity index (χ3n) is 3.17. The Morgan fingerprint density at radius 3 is 1.86 bits per heavy atom. The number of hydrogen-bond acceptors (Lipinski definition) is 3. The maximum Gasteiger partial charge on any atom is 0.509 e. The third kappa shape index (κ3) is 10.6. The topological polar surface area (TPSA) is 35.5 Å². The van der Waals surface area contributed by atoms with Gasteiger partial charge in [0, 0.05) is 0 Å². The molecule has 21 heavy (non-hydrogen) atoms. The lowest BCUT2D eigenvalue weighted by atomic mass is 9.79. The molecular formula is C18H36O3. The maximum atomic E-state index is 12.1. The average molecular weight is 300 g/mol. The molecule has 0 rings (SSSR count). The molecule has 0 radical (unpaired) electrons. The van der Waals surface area contributed by atoms with Crippen molar-refractivity contribution in [2.75, 3.05) is 0 Å². The van der Waals surface area contributed by atoms with Crippen molar-refractivity contribution in [2.45, 2.75) is 93.3 Å². The van der Waals surface area contributed by atoms with Crippen LogP contribution in [-0.2, 0) is 9.47 Å². The Morgan fingerprint density at radius 1 is 0.952 bits per heavy atom. The molecule has 0 saturated carbocycles. The second kappa shape index (κ2) is 8.05. The Kier molecular flexibility index (Phi) is 7.77. The molecule has 2 unspecified atom stereocenters. The van der Waals surface area contributed by atoms with E-state index in [1.54, 1.807) is 0 Å². The van der Waals surface area contributed by atoms with Crippen molar-refractivity contribution in [1.29, 1.82) is 0 Å². The first kappa shape index (κ1) is 20.3. The molecule has 3 heteroatoms. The van der Waals surface area contributed by atoms with Gasteiger partial charge in [0.2, 0.25) is 0 Å². The highest BCUT2D eigenvalue weighted by atomic mass is 16.7. The standard InChI is InChI=1S/C18H36O3/c1-13(2)10-15(5)20-16(19)21-18(9,11-14(3)4)12-17(6,7)8/h13-15H,10-12H2,1-9H3. The summed E-state index contributed by atoms with van der Waals surface area (Å²) in [5.74, 6) is 0.975. The van der Waals surface area contributed by atoms with Gasteiger partial charge < -0.3 is 9.47 Å². The van der Waals surface area contributed by atoms with E-state index in [2.05, 4.69) is 48.5 Å².